The van der Waals surface area contributed by atoms with E-state index in [9.17, 15) is 18.0 Å². The van der Waals surface area contributed by atoms with Crippen LogP contribution >= 0.6 is 0 Å². The van der Waals surface area contributed by atoms with Crippen molar-refractivity contribution in [3.05, 3.63) is 64.6 Å². The number of hydrogen-bond donors (Lipinski definition) is 1. The molecule has 0 saturated heterocycles. The lowest BCUT2D eigenvalue weighted by Crippen LogP contribution is -2.26. The lowest BCUT2D eigenvalue weighted by molar-refractivity contribution is -0.138. The van der Waals surface area contributed by atoms with Crippen LogP contribution in [0.3, 0.4) is 0 Å². The van der Waals surface area contributed by atoms with Crippen molar-refractivity contribution in [3.63, 3.8) is 0 Å². The first-order valence-corrected chi connectivity index (χ1v) is 9.49. The van der Waals surface area contributed by atoms with Gasteiger partial charge in [0, 0.05) is 17.9 Å². The van der Waals surface area contributed by atoms with Crippen LogP contribution in [0.25, 0.3) is 11.5 Å². The lowest BCUT2D eigenvalue weighted by Gasteiger charge is -2.26. The molecule has 1 atom stereocenters. The van der Waals surface area contributed by atoms with Gasteiger partial charge in [-0.25, -0.2) is 0 Å². The number of anilines is 1. The van der Waals surface area contributed by atoms with Gasteiger partial charge in [0.1, 0.15) is 5.82 Å². The second-order valence-electron chi connectivity index (χ2n) is 7.36. The van der Waals surface area contributed by atoms with Gasteiger partial charge in [-0.2, -0.15) is 27.5 Å². The number of alkyl halides is 3. The molecule has 1 aliphatic rings. The molecule has 0 radical (unpaired) electrons. The highest BCUT2D eigenvalue weighted by atomic mass is 19.4. The second kappa shape index (κ2) is 6.62. The molecule has 0 fully saturated rings. The maximum atomic E-state index is 13.7. The first-order chi connectivity index (χ1) is 14.7. The summed E-state index contributed by atoms with van der Waals surface area (Å²) >= 11 is 0. The summed E-state index contributed by atoms with van der Waals surface area (Å²) < 4.78 is 43.9. The van der Waals surface area contributed by atoms with Crippen LogP contribution in [0.5, 0.6) is 0 Å². The Hall–Kier alpha value is -3.76. The van der Waals surface area contributed by atoms with Crippen LogP contribution in [-0.4, -0.2) is 35.5 Å². The molecule has 1 unspecified atom stereocenters. The average molecular weight is 427 g/mol. The van der Waals surface area contributed by atoms with E-state index in [2.05, 4.69) is 25.7 Å². The van der Waals surface area contributed by atoms with E-state index in [-0.39, 0.29) is 12.0 Å². The van der Waals surface area contributed by atoms with E-state index in [1.165, 1.54) is 21.3 Å². The fourth-order valence-electron chi connectivity index (χ4n) is 4.04. The van der Waals surface area contributed by atoms with Gasteiger partial charge >= 0.3 is 6.18 Å². The third kappa shape index (κ3) is 3.04. The molecule has 4 heterocycles. The predicted octanol–water partition coefficient (Wildman–Crippen LogP) is 3.42. The number of aromatic nitrogens is 6. The highest BCUT2D eigenvalue weighted by molar-refractivity contribution is 5.95. The van der Waals surface area contributed by atoms with Crippen molar-refractivity contribution in [2.24, 2.45) is 0 Å². The monoisotopic (exact) mass is 427 g/mol. The summed E-state index contributed by atoms with van der Waals surface area (Å²) in [5, 5.41) is 19.7. The largest absolute Gasteiger partial charge is 0.416 e. The zero-order valence-corrected chi connectivity index (χ0v) is 16.5. The minimum atomic E-state index is -4.53. The fraction of sp³-hybridized carbons (Fsp3) is 0.250. The Morgan fingerprint density at radius 2 is 1.84 bits per heavy atom. The van der Waals surface area contributed by atoms with Crippen LogP contribution < -0.4 is 5.32 Å². The summed E-state index contributed by atoms with van der Waals surface area (Å²) in [6.45, 7) is 3.45. The Morgan fingerprint density at radius 3 is 2.61 bits per heavy atom. The Bertz CT molecular complexity index is 1340. The Balaban J connectivity index is 1.70. The number of nitrogens with zero attached hydrogens (tertiary/aromatic N) is 6. The van der Waals surface area contributed by atoms with Gasteiger partial charge in [0.2, 0.25) is 5.91 Å². The molecule has 0 aliphatic carbocycles. The summed E-state index contributed by atoms with van der Waals surface area (Å²) in [6, 6.07) is 8.69. The molecule has 1 N–H and O–H groups in total. The molecule has 0 saturated carbocycles. The number of benzene rings is 1. The molecular weight excluding hydrogens is 411 g/mol. The fourth-order valence-corrected chi connectivity index (χ4v) is 4.04. The molecule has 31 heavy (non-hydrogen) atoms. The molecule has 0 bridgehead atoms. The maximum Gasteiger partial charge on any atom is 0.416 e. The smallest absolute Gasteiger partial charge is 0.310 e. The molecule has 1 amide bonds. The number of nitrogens with one attached hydrogen (secondary N) is 1. The van der Waals surface area contributed by atoms with Gasteiger partial charge in [-0.3, -0.25) is 4.79 Å². The molecule has 1 aliphatic heterocycles. The molecule has 0 spiro atoms. The molecule has 11 heteroatoms. The van der Waals surface area contributed by atoms with Gasteiger partial charge in [-0.15, -0.1) is 15.3 Å². The van der Waals surface area contributed by atoms with Gasteiger partial charge in [-0.1, -0.05) is 18.2 Å². The van der Waals surface area contributed by atoms with Gasteiger partial charge in [-0.05, 0) is 37.6 Å². The number of hydrogen-bond acceptors (Lipinski definition) is 5. The van der Waals surface area contributed by atoms with E-state index in [1.54, 1.807) is 32.0 Å². The topological polar surface area (TPSA) is 90.0 Å². The van der Waals surface area contributed by atoms with E-state index in [4.69, 9.17) is 0 Å². The number of amides is 1. The van der Waals surface area contributed by atoms with Crippen molar-refractivity contribution in [1.29, 1.82) is 0 Å². The summed E-state index contributed by atoms with van der Waals surface area (Å²) in [5.41, 5.74) is 0.886. The Labute approximate surface area is 173 Å². The van der Waals surface area contributed by atoms with E-state index < -0.39 is 23.6 Å². The van der Waals surface area contributed by atoms with Crippen LogP contribution in [0.2, 0.25) is 0 Å². The summed E-state index contributed by atoms with van der Waals surface area (Å²) in [5.74, 6) is 0.0848. The molecule has 1 aromatic carbocycles. The minimum absolute atomic E-state index is 0.0480. The SMILES string of the molecule is Cc1nn(-c2ccc3nnc(C)n3n2)c2c1C(c1ccccc1C(F)(F)F)CC(=O)N2. The van der Waals surface area contributed by atoms with Crippen LogP contribution in [0, 0.1) is 13.8 Å². The van der Waals surface area contributed by atoms with Gasteiger partial charge in [0.25, 0.3) is 0 Å². The molecular formula is C20H16F3N7O. The summed E-state index contributed by atoms with van der Waals surface area (Å²) in [4.78, 5) is 12.5. The second-order valence-corrected chi connectivity index (χ2v) is 7.36. The van der Waals surface area contributed by atoms with Gasteiger partial charge in [0.05, 0.1) is 11.3 Å². The number of fused-ring (bicyclic) bond motifs is 2. The minimum Gasteiger partial charge on any atom is -0.310 e. The maximum absolute atomic E-state index is 13.7. The molecule has 4 aromatic rings. The van der Waals surface area contributed by atoms with E-state index in [0.717, 1.165) is 6.07 Å². The zero-order valence-electron chi connectivity index (χ0n) is 16.5. The molecule has 5 rings (SSSR count). The van der Waals surface area contributed by atoms with Crippen molar-refractivity contribution in [2.45, 2.75) is 32.4 Å². The molecule has 3 aromatic heterocycles. The van der Waals surface area contributed by atoms with Crippen LogP contribution in [0.4, 0.5) is 19.0 Å². The third-order valence-corrected chi connectivity index (χ3v) is 5.37. The zero-order chi connectivity index (χ0) is 21.9. The number of aryl methyl sites for hydroxylation is 2. The normalized spacial score (nSPS) is 16.4. The summed E-state index contributed by atoms with van der Waals surface area (Å²) in [6.07, 6.45) is -4.64. The number of halogens is 3. The summed E-state index contributed by atoms with van der Waals surface area (Å²) in [7, 11) is 0. The predicted molar refractivity (Wildman–Crippen MR) is 104 cm³/mol. The van der Waals surface area contributed by atoms with Crippen molar-refractivity contribution in [3.8, 4) is 5.82 Å². The first kappa shape index (κ1) is 19.2. The van der Waals surface area contributed by atoms with Crippen LogP contribution in [-0.2, 0) is 11.0 Å². The van der Waals surface area contributed by atoms with Crippen LogP contribution in [0.15, 0.2) is 36.4 Å². The molecule has 158 valence electrons. The number of carbonyl (C=O) groups is 1. The van der Waals surface area contributed by atoms with Crippen molar-refractivity contribution < 1.29 is 18.0 Å². The average Bonchev–Trinajstić information content (AvgIpc) is 3.26. The first-order valence-electron chi connectivity index (χ1n) is 9.49. The highest BCUT2D eigenvalue weighted by Crippen LogP contribution is 2.44. The van der Waals surface area contributed by atoms with Crippen molar-refractivity contribution in [2.75, 3.05) is 5.32 Å². The quantitative estimate of drug-likeness (QED) is 0.530. The van der Waals surface area contributed by atoms with Crippen LogP contribution in [0.1, 0.15) is 40.5 Å². The highest BCUT2D eigenvalue weighted by Gasteiger charge is 2.39. The van der Waals surface area contributed by atoms with E-state index >= 15 is 0 Å². The third-order valence-electron chi connectivity index (χ3n) is 5.37. The van der Waals surface area contributed by atoms with E-state index in [0.29, 0.717) is 34.4 Å². The van der Waals surface area contributed by atoms with Crippen molar-refractivity contribution in [1.82, 2.24) is 29.6 Å². The standard InChI is InChI=1S/C20H16F3N7O/c1-10-18-13(12-5-3-4-6-14(12)20(21,22)23)9-17(31)24-19(18)30(27-10)16-8-7-15-26-25-11(2)29(15)28-16/h3-8,13H,9H2,1-2H3,(H,24,31). The van der Waals surface area contributed by atoms with Crippen molar-refractivity contribution >= 4 is 17.4 Å². The van der Waals surface area contributed by atoms with Gasteiger partial charge in [0.15, 0.2) is 17.3 Å². The Kier molecular flexibility index (Phi) is 4.11. The number of rotatable bonds is 2. The van der Waals surface area contributed by atoms with Gasteiger partial charge < -0.3 is 5.32 Å². The molecule has 8 nitrogen and oxygen atoms in total. The lowest BCUT2D eigenvalue weighted by atomic mass is 9.83. The van der Waals surface area contributed by atoms with E-state index in [1.807, 2.05) is 0 Å². The Morgan fingerprint density at radius 1 is 1.06 bits per heavy atom. The number of carbonyl (C=O) groups excluding carboxylic acids is 1.